The minimum Gasteiger partial charge on any atom is -0.319 e. The number of aryl methyl sites for hydroxylation is 1. The summed E-state index contributed by atoms with van der Waals surface area (Å²) in [5.41, 5.74) is 1.02. The number of carbonyl (C=O) groups is 1. The maximum Gasteiger partial charge on any atom is 0.252 e. The van der Waals surface area contributed by atoms with Crippen LogP contribution < -0.4 is 4.80 Å². The Hall–Kier alpha value is -1.33. The van der Waals surface area contributed by atoms with Crippen LogP contribution in [0, 0.1) is 5.92 Å². The van der Waals surface area contributed by atoms with Gasteiger partial charge in [-0.25, -0.2) is 8.42 Å². The molecule has 0 saturated carbocycles. The van der Waals surface area contributed by atoms with Crippen LogP contribution in [-0.2, 0) is 21.9 Å². The van der Waals surface area contributed by atoms with Crippen LogP contribution in [0.4, 0.5) is 0 Å². The minimum absolute atomic E-state index is 0.172. The SMILES string of the molecule is Cn1c(=NC(=O)C2CCN(S(=O)(=O)c3cccs3)CC2)sc2cc(Br)ccc21. The van der Waals surface area contributed by atoms with E-state index in [2.05, 4.69) is 20.9 Å². The second kappa shape index (κ2) is 7.83. The van der Waals surface area contributed by atoms with Gasteiger partial charge >= 0.3 is 0 Å². The first-order valence-electron chi connectivity index (χ1n) is 8.73. The van der Waals surface area contributed by atoms with Crippen LogP contribution in [0.2, 0.25) is 0 Å². The van der Waals surface area contributed by atoms with Crippen molar-refractivity contribution in [1.82, 2.24) is 8.87 Å². The number of amides is 1. The number of sulfonamides is 1. The fourth-order valence-corrected chi connectivity index (χ4v) is 7.47. The van der Waals surface area contributed by atoms with Gasteiger partial charge < -0.3 is 4.57 Å². The summed E-state index contributed by atoms with van der Waals surface area (Å²) in [6.45, 7) is 0.690. The summed E-state index contributed by atoms with van der Waals surface area (Å²) in [5.74, 6) is -0.416. The van der Waals surface area contributed by atoms with Crippen LogP contribution in [0.1, 0.15) is 12.8 Å². The molecule has 6 nitrogen and oxygen atoms in total. The zero-order chi connectivity index (χ0) is 19.9. The van der Waals surface area contributed by atoms with Gasteiger partial charge in [-0.2, -0.15) is 9.30 Å². The Kier molecular flexibility index (Phi) is 5.58. The number of rotatable bonds is 3. The largest absolute Gasteiger partial charge is 0.319 e. The van der Waals surface area contributed by atoms with Gasteiger partial charge in [-0.1, -0.05) is 33.3 Å². The lowest BCUT2D eigenvalue weighted by Gasteiger charge is -2.29. The Morgan fingerprint density at radius 1 is 1.25 bits per heavy atom. The molecule has 1 fully saturated rings. The quantitative estimate of drug-likeness (QED) is 0.552. The summed E-state index contributed by atoms with van der Waals surface area (Å²) in [6, 6.07) is 9.32. The van der Waals surface area contributed by atoms with Crippen molar-refractivity contribution in [2.75, 3.05) is 13.1 Å². The third kappa shape index (κ3) is 3.76. The van der Waals surface area contributed by atoms with Crippen molar-refractivity contribution in [3.05, 3.63) is 45.0 Å². The van der Waals surface area contributed by atoms with E-state index in [0.29, 0.717) is 34.9 Å². The monoisotopic (exact) mass is 499 g/mol. The van der Waals surface area contributed by atoms with E-state index in [1.165, 1.54) is 27.0 Å². The van der Waals surface area contributed by atoms with Crippen molar-refractivity contribution in [3.63, 3.8) is 0 Å². The molecular weight excluding hydrogens is 482 g/mol. The van der Waals surface area contributed by atoms with Gasteiger partial charge in [-0.15, -0.1) is 11.3 Å². The molecule has 0 bridgehead atoms. The van der Waals surface area contributed by atoms with Crippen LogP contribution in [0.15, 0.2) is 49.4 Å². The second-order valence-electron chi connectivity index (χ2n) is 6.62. The molecule has 1 saturated heterocycles. The number of thiophene rings is 1. The molecule has 3 aromatic rings. The van der Waals surface area contributed by atoms with Crippen LogP contribution in [0.25, 0.3) is 10.2 Å². The third-order valence-corrected chi connectivity index (χ3v) is 9.73. The molecular formula is C18H18BrN3O3S3. The number of thiazole rings is 1. The van der Waals surface area contributed by atoms with Gasteiger partial charge in [0, 0.05) is 30.5 Å². The number of nitrogens with zero attached hydrogens (tertiary/aromatic N) is 3. The first-order valence-corrected chi connectivity index (χ1v) is 12.7. The van der Waals surface area contributed by atoms with Gasteiger partial charge in [-0.05, 0) is 42.5 Å². The van der Waals surface area contributed by atoms with E-state index >= 15 is 0 Å². The Morgan fingerprint density at radius 3 is 2.68 bits per heavy atom. The predicted molar refractivity (Wildman–Crippen MR) is 115 cm³/mol. The number of fused-ring (bicyclic) bond motifs is 1. The number of hydrogen-bond donors (Lipinski definition) is 0. The van der Waals surface area contributed by atoms with Crippen LogP contribution in [0.5, 0.6) is 0 Å². The van der Waals surface area contributed by atoms with Crippen molar-refractivity contribution < 1.29 is 13.2 Å². The average molecular weight is 500 g/mol. The molecule has 10 heteroatoms. The van der Waals surface area contributed by atoms with Crippen molar-refractivity contribution in [2.24, 2.45) is 18.0 Å². The summed E-state index contributed by atoms with van der Waals surface area (Å²) in [5, 5.41) is 1.76. The molecule has 3 heterocycles. The van der Waals surface area contributed by atoms with E-state index in [1.54, 1.807) is 17.5 Å². The summed E-state index contributed by atoms with van der Waals surface area (Å²) in [7, 11) is -1.55. The van der Waals surface area contributed by atoms with E-state index in [4.69, 9.17) is 0 Å². The van der Waals surface area contributed by atoms with Crippen LogP contribution in [-0.4, -0.2) is 36.3 Å². The average Bonchev–Trinajstić information content (AvgIpc) is 3.31. The number of halogens is 1. The highest BCUT2D eigenvalue weighted by atomic mass is 79.9. The summed E-state index contributed by atoms with van der Waals surface area (Å²) >= 11 is 6.15. The lowest BCUT2D eigenvalue weighted by atomic mass is 9.98. The zero-order valence-electron chi connectivity index (χ0n) is 15.0. The maximum absolute atomic E-state index is 12.7. The van der Waals surface area contributed by atoms with Gasteiger partial charge in [-0.3, -0.25) is 4.79 Å². The molecule has 4 rings (SSSR count). The van der Waals surface area contributed by atoms with E-state index in [9.17, 15) is 13.2 Å². The van der Waals surface area contributed by atoms with Gasteiger partial charge in [0.2, 0.25) is 0 Å². The van der Waals surface area contributed by atoms with Gasteiger partial charge in [0.15, 0.2) is 4.80 Å². The first kappa shape index (κ1) is 20.0. The van der Waals surface area contributed by atoms with Gasteiger partial charge in [0.05, 0.1) is 10.2 Å². The number of hydrogen-bond acceptors (Lipinski definition) is 5. The van der Waals surface area contributed by atoms with Crippen molar-refractivity contribution in [1.29, 1.82) is 0 Å². The Bertz CT molecular complexity index is 1190. The van der Waals surface area contributed by atoms with E-state index in [-0.39, 0.29) is 11.8 Å². The number of benzene rings is 1. The highest BCUT2D eigenvalue weighted by Crippen LogP contribution is 2.27. The molecule has 0 aliphatic carbocycles. The lowest BCUT2D eigenvalue weighted by Crippen LogP contribution is -2.40. The zero-order valence-corrected chi connectivity index (χ0v) is 19.1. The highest BCUT2D eigenvalue weighted by molar-refractivity contribution is 9.10. The third-order valence-electron chi connectivity index (χ3n) is 4.87. The van der Waals surface area contributed by atoms with Crippen molar-refractivity contribution >= 4 is 64.8 Å². The minimum atomic E-state index is -3.45. The number of piperidine rings is 1. The van der Waals surface area contributed by atoms with E-state index in [1.807, 2.05) is 29.8 Å². The van der Waals surface area contributed by atoms with Crippen LogP contribution >= 0.6 is 38.6 Å². The predicted octanol–water partition coefficient (Wildman–Crippen LogP) is 3.59. The molecule has 0 radical (unpaired) electrons. The topological polar surface area (TPSA) is 71.7 Å². The molecule has 0 unspecified atom stereocenters. The molecule has 1 aliphatic rings. The van der Waals surface area contributed by atoms with Crippen molar-refractivity contribution in [2.45, 2.75) is 17.1 Å². The molecule has 1 aromatic carbocycles. The van der Waals surface area contributed by atoms with Crippen molar-refractivity contribution in [3.8, 4) is 0 Å². The summed E-state index contributed by atoms with van der Waals surface area (Å²) in [4.78, 5) is 17.7. The van der Waals surface area contributed by atoms with Crippen LogP contribution in [0.3, 0.4) is 0 Å². The number of aromatic nitrogens is 1. The molecule has 0 N–H and O–H groups in total. The Morgan fingerprint density at radius 2 is 2.00 bits per heavy atom. The molecule has 1 amide bonds. The normalized spacial score (nSPS) is 17.4. The summed E-state index contributed by atoms with van der Waals surface area (Å²) < 4.78 is 31.0. The molecule has 1 aliphatic heterocycles. The van der Waals surface area contributed by atoms with Gasteiger partial charge in [0.1, 0.15) is 4.21 Å². The molecule has 0 spiro atoms. The van der Waals surface area contributed by atoms with Gasteiger partial charge in [0.25, 0.3) is 15.9 Å². The Balaban J connectivity index is 1.50. The Labute approximate surface area is 179 Å². The fourth-order valence-electron chi connectivity index (χ4n) is 3.28. The van der Waals surface area contributed by atoms with E-state index in [0.717, 1.165) is 14.7 Å². The molecule has 148 valence electrons. The highest BCUT2D eigenvalue weighted by Gasteiger charge is 2.32. The second-order valence-corrected chi connectivity index (χ2v) is 11.7. The maximum atomic E-state index is 12.7. The molecule has 0 atom stereocenters. The smallest absolute Gasteiger partial charge is 0.252 e. The summed E-state index contributed by atoms with van der Waals surface area (Å²) in [6.07, 6.45) is 0.986. The molecule has 2 aromatic heterocycles. The number of carbonyl (C=O) groups excluding carboxylic acids is 1. The standard InChI is InChI=1S/C18H18BrN3O3S3/c1-21-14-5-4-13(19)11-15(14)27-18(21)20-17(23)12-6-8-22(9-7-12)28(24,25)16-3-2-10-26-16/h2-5,10-12H,6-9H2,1H3. The first-order chi connectivity index (χ1) is 13.4. The fraction of sp³-hybridized carbons (Fsp3) is 0.333. The molecule has 28 heavy (non-hydrogen) atoms. The van der Waals surface area contributed by atoms with E-state index < -0.39 is 10.0 Å². The lowest BCUT2D eigenvalue weighted by molar-refractivity contribution is -0.122.